The van der Waals surface area contributed by atoms with E-state index in [1.165, 1.54) is 10.6 Å². The molecular weight excluding hydrogens is 276 g/mol. The molecule has 1 N–H and O–H groups in total. The molecule has 0 saturated carbocycles. The average Bonchev–Trinajstić information content (AvgIpc) is 2.81. The Morgan fingerprint density at radius 1 is 1.61 bits per heavy atom. The van der Waals surface area contributed by atoms with Crippen LogP contribution in [0.2, 0.25) is 0 Å². The number of nitrogens with one attached hydrogen (secondary N) is 1. The van der Waals surface area contributed by atoms with Crippen molar-refractivity contribution in [3.8, 4) is 0 Å². The Hall–Kier alpha value is -1.06. The fraction of sp³-hybridized carbons (Fsp3) is 0.667. The van der Waals surface area contributed by atoms with Gasteiger partial charge in [-0.15, -0.1) is 5.10 Å². The molecule has 2 heterocycles. The van der Waals surface area contributed by atoms with Crippen molar-refractivity contribution in [3.63, 3.8) is 0 Å². The van der Waals surface area contributed by atoms with Crippen molar-refractivity contribution in [2.75, 3.05) is 19.3 Å². The Morgan fingerprint density at radius 2 is 2.39 bits per heavy atom. The molecule has 1 aromatic rings. The van der Waals surface area contributed by atoms with E-state index >= 15 is 0 Å². The Bertz CT molecular complexity index is 514. The number of amides is 1. The SMILES string of the molecule is CS(=O)(=O)N1CCC[C@@H](NC(=O)c2csnn2)C1. The molecule has 1 aliphatic rings. The van der Waals surface area contributed by atoms with E-state index in [0.717, 1.165) is 24.4 Å². The van der Waals surface area contributed by atoms with Crippen molar-refractivity contribution in [2.45, 2.75) is 18.9 Å². The third-order valence-electron chi connectivity index (χ3n) is 2.78. The molecule has 1 aromatic heterocycles. The quantitative estimate of drug-likeness (QED) is 0.824. The van der Waals surface area contributed by atoms with Crippen molar-refractivity contribution in [1.82, 2.24) is 19.2 Å². The molecule has 2 rings (SSSR count). The maximum atomic E-state index is 11.8. The van der Waals surface area contributed by atoms with Gasteiger partial charge in [-0.25, -0.2) is 12.7 Å². The van der Waals surface area contributed by atoms with Gasteiger partial charge in [-0.1, -0.05) is 4.49 Å². The zero-order valence-electron chi connectivity index (χ0n) is 9.87. The second-order valence-electron chi connectivity index (χ2n) is 4.22. The van der Waals surface area contributed by atoms with Crippen molar-refractivity contribution >= 4 is 27.5 Å². The Labute approximate surface area is 109 Å². The van der Waals surface area contributed by atoms with E-state index in [2.05, 4.69) is 14.9 Å². The molecule has 0 radical (unpaired) electrons. The molecule has 0 aliphatic carbocycles. The van der Waals surface area contributed by atoms with Gasteiger partial charge in [-0.2, -0.15) is 0 Å². The number of carbonyl (C=O) groups excluding carboxylic acids is 1. The molecule has 1 fully saturated rings. The largest absolute Gasteiger partial charge is 0.347 e. The number of aromatic nitrogens is 2. The number of sulfonamides is 1. The fourth-order valence-corrected chi connectivity index (χ4v) is 3.23. The van der Waals surface area contributed by atoms with Crippen LogP contribution >= 0.6 is 11.5 Å². The summed E-state index contributed by atoms with van der Waals surface area (Å²) in [4.78, 5) is 11.8. The molecule has 1 atom stereocenters. The minimum absolute atomic E-state index is 0.164. The summed E-state index contributed by atoms with van der Waals surface area (Å²) in [6.07, 6.45) is 2.70. The first-order valence-corrected chi connectivity index (χ1v) is 8.18. The summed E-state index contributed by atoms with van der Waals surface area (Å²) in [5, 5.41) is 8.02. The lowest BCUT2D eigenvalue weighted by Gasteiger charge is -2.31. The maximum absolute atomic E-state index is 11.8. The number of piperidine rings is 1. The number of hydrogen-bond donors (Lipinski definition) is 1. The highest BCUT2D eigenvalue weighted by Crippen LogP contribution is 2.13. The predicted octanol–water partition coefficient (Wildman–Crippen LogP) is -0.308. The van der Waals surface area contributed by atoms with Crippen LogP contribution in [0.15, 0.2) is 5.38 Å². The number of hydrogen-bond acceptors (Lipinski definition) is 6. The molecular formula is C9H14N4O3S2. The van der Waals surface area contributed by atoms with Gasteiger partial charge in [0, 0.05) is 24.5 Å². The summed E-state index contributed by atoms with van der Waals surface area (Å²) in [6, 6.07) is -0.164. The van der Waals surface area contributed by atoms with Crippen LogP contribution in [0.1, 0.15) is 23.3 Å². The normalized spacial score (nSPS) is 21.7. The van der Waals surface area contributed by atoms with Crippen LogP contribution in [0.3, 0.4) is 0 Å². The van der Waals surface area contributed by atoms with Crippen LogP contribution in [0.5, 0.6) is 0 Å². The van der Waals surface area contributed by atoms with Crippen LogP contribution in [0.4, 0.5) is 0 Å². The van der Waals surface area contributed by atoms with Crippen LogP contribution in [-0.2, 0) is 10.0 Å². The summed E-state index contributed by atoms with van der Waals surface area (Å²) in [5.41, 5.74) is 0.275. The first kappa shape index (κ1) is 13.4. The fourth-order valence-electron chi connectivity index (χ4n) is 1.88. The second kappa shape index (κ2) is 5.29. The molecule has 100 valence electrons. The van der Waals surface area contributed by atoms with Crippen LogP contribution < -0.4 is 5.32 Å². The minimum atomic E-state index is -3.19. The van der Waals surface area contributed by atoms with Crippen molar-refractivity contribution in [3.05, 3.63) is 11.1 Å². The van der Waals surface area contributed by atoms with Gasteiger partial charge in [0.25, 0.3) is 5.91 Å². The van der Waals surface area contributed by atoms with Crippen molar-refractivity contribution in [1.29, 1.82) is 0 Å². The Kier molecular flexibility index (Phi) is 3.93. The molecule has 0 bridgehead atoms. The summed E-state index contributed by atoms with van der Waals surface area (Å²) < 4.78 is 27.9. The molecule has 1 saturated heterocycles. The van der Waals surface area contributed by atoms with Gasteiger partial charge in [-0.05, 0) is 24.4 Å². The van der Waals surface area contributed by atoms with Crippen LogP contribution in [0.25, 0.3) is 0 Å². The van der Waals surface area contributed by atoms with Crippen LogP contribution in [0, 0.1) is 0 Å². The topological polar surface area (TPSA) is 92.3 Å². The van der Waals surface area contributed by atoms with E-state index in [9.17, 15) is 13.2 Å². The third-order valence-corrected chi connectivity index (χ3v) is 4.56. The van der Waals surface area contributed by atoms with Gasteiger partial charge in [0.1, 0.15) is 0 Å². The van der Waals surface area contributed by atoms with Crippen LogP contribution in [-0.4, -0.2) is 53.6 Å². The molecule has 1 amide bonds. The highest BCUT2D eigenvalue weighted by Gasteiger charge is 2.27. The summed E-state index contributed by atoms with van der Waals surface area (Å²) in [6.45, 7) is 0.839. The standard InChI is InChI=1S/C9H14N4O3S2/c1-18(15,16)13-4-2-3-7(5-13)10-9(14)8-6-17-12-11-8/h6-7H,2-5H2,1H3,(H,10,14)/t7-/m1/s1. The minimum Gasteiger partial charge on any atom is -0.347 e. The van der Waals surface area contributed by atoms with Gasteiger partial charge in [0.2, 0.25) is 10.0 Å². The first-order chi connectivity index (χ1) is 8.47. The van der Waals surface area contributed by atoms with E-state index in [4.69, 9.17) is 0 Å². The van der Waals surface area contributed by atoms with E-state index in [-0.39, 0.29) is 17.6 Å². The third kappa shape index (κ3) is 3.24. The molecule has 0 unspecified atom stereocenters. The molecule has 18 heavy (non-hydrogen) atoms. The monoisotopic (exact) mass is 290 g/mol. The number of carbonyl (C=O) groups is 1. The van der Waals surface area contributed by atoms with Crippen molar-refractivity contribution in [2.24, 2.45) is 0 Å². The van der Waals surface area contributed by atoms with E-state index in [0.29, 0.717) is 13.1 Å². The molecule has 0 aromatic carbocycles. The zero-order chi connectivity index (χ0) is 13.2. The predicted molar refractivity (Wildman–Crippen MR) is 66.8 cm³/mol. The molecule has 7 nitrogen and oxygen atoms in total. The van der Waals surface area contributed by atoms with E-state index in [1.54, 1.807) is 5.38 Å². The highest BCUT2D eigenvalue weighted by atomic mass is 32.2. The maximum Gasteiger partial charge on any atom is 0.272 e. The summed E-state index contributed by atoms with van der Waals surface area (Å²) in [7, 11) is -3.19. The molecule has 1 aliphatic heterocycles. The smallest absolute Gasteiger partial charge is 0.272 e. The number of nitrogens with zero attached hydrogens (tertiary/aromatic N) is 3. The Balaban J connectivity index is 1.96. The summed E-state index contributed by atoms with van der Waals surface area (Å²) >= 11 is 1.11. The second-order valence-corrected chi connectivity index (χ2v) is 6.82. The number of rotatable bonds is 3. The summed E-state index contributed by atoms with van der Waals surface area (Å²) in [5.74, 6) is -0.302. The van der Waals surface area contributed by atoms with Crippen molar-refractivity contribution < 1.29 is 13.2 Å². The lowest BCUT2D eigenvalue weighted by Crippen LogP contribution is -2.49. The van der Waals surface area contributed by atoms with Gasteiger partial charge in [0.05, 0.1) is 6.26 Å². The molecule has 9 heteroatoms. The zero-order valence-corrected chi connectivity index (χ0v) is 11.5. The highest BCUT2D eigenvalue weighted by molar-refractivity contribution is 7.88. The first-order valence-electron chi connectivity index (χ1n) is 5.50. The molecule has 0 spiro atoms. The van der Waals surface area contributed by atoms with E-state index < -0.39 is 10.0 Å². The van der Waals surface area contributed by atoms with E-state index in [1.807, 2.05) is 0 Å². The lowest BCUT2D eigenvalue weighted by molar-refractivity contribution is 0.0916. The van der Waals surface area contributed by atoms with Gasteiger partial charge >= 0.3 is 0 Å². The van der Waals surface area contributed by atoms with Gasteiger partial charge in [0.15, 0.2) is 5.69 Å². The Morgan fingerprint density at radius 3 is 3.00 bits per heavy atom. The lowest BCUT2D eigenvalue weighted by atomic mass is 10.1. The average molecular weight is 290 g/mol. The van der Waals surface area contributed by atoms with Gasteiger partial charge < -0.3 is 5.32 Å². The van der Waals surface area contributed by atoms with Gasteiger partial charge in [-0.3, -0.25) is 4.79 Å².